The zero-order chi connectivity index (χ0) is 25.8. The van der Waals surface area contributed by atoms with Crippen molar-refractivity contribution in [1.29, 1.82) is 0 Å². The Balaban J connectivity index is 1.44. The highest BCUT2D eigenvalue weighted by Gasteiger charge is 2.16. The molecule has 8 nitrogen and oxygen atoms in total. The average molecular weight is 590 g/mol. The summed E-state index contributed by atoms with van der Waals surface area (Å²) in [4.78, 5) is 23.7. The monoisotopic (exact) mass is 588 g/mol. The maximum Gasteiger partial charge on any atom is 0.311 e. The van der Waals surface area contributed by atoms with Crippen LogP contribution in [0.15, 0.2) is 71.3 Å². The van der Waals surface area contributed by atoms with Gasteiger partial charge >= 0.3 is 5.69 Å². The first kappa shape index (κ1) is 25.7. The number of halogens is 3. The van der Waals surface area contributed by atoms with Crippen LogP contribution in [0.3, 0.4) is 0 Å². The SMILES string of the molecule is Cc1ccc(OCc2cccc(C(=O)Nc3nn(Cc4ccc(Cl)cc4Cl)cc3Br)c2)c([N+](=O)[O-])c1. The molecule has 0 aliphatic heterocycles. The fourth-order valence-electron chi connectivity index (χ4n) is 3.42. The minimum atomic E-state index is -0.482. The van der Waals surface area contributed by atoms with Crippen LogP contribution in [-0.2, 0) is 13.2 Å². The molecule has 0 bridgehead atoms. The van der Waals surface area contributed by atoms with Crippen LogP contribution in [0.25, 0.3) is 0 Å². The van der Waals surface area contributed by atoms with Crippen molar-refractivity contribution in [3.63, 3.8) is 0 Å². The largest absolute Gasteiger partial charge is 0.482 e. The number of aromatic nitrogens is 2. The lowest BCUT2D eigenvalue weighted by Gasteiger charge is -2.09. The number of nitro benzene ring substituents is 1. The summed E-state index contributed by atoms with van der Waals surface area (Å²) < 4.78 is 7.92. The molecule has 4 rings (SSSR count). The van der Waals surface area contributed by atoms with Crippen molar-refractivity contribution >= 4 is 56.5 Å². The van der Waals surface area contributed by atoms with E-state index in [-0.39, 0.29) is 24.0 Å². The molecule has 0 aliphatic carbocycles. The van der Waals surface area contributed by atoms with E-state index in [0.717, 1.165) is 11.1 Å². The van der Waals surface area contributed by atoms with Crippen LogP contribution in [0, 0.1) is 17.0 Å². The Hall–Kier alpha value is -3.40. The summed E-state index contributed by atoms with van der Waals surface area (Å²) in [5, 5.41) is 19.6. The van der Waals surface area contributed by atoms with Crippen LogP contribution in [0.1, 0.15) is 27.0 Å². The van der Waals surface area contributed by atoms with E-state index >= 15 is 0 Å². The third kappa shape index (κ3) is 6.23. The minimum Gasteiger partial charge on any atom is -0.482 e. The smallest absolute Gasteiger partial charge is 0.311 e. The molecule has 1 N–H and O–H groups in total. The molecule has 1 aromatic heterocycles. The third-order valence-electron chi connectivity index (χ3n) is 5.19. The van der Waals surface area contributed by atoms with Gasteiger partial charge in [-0.2, -0.15) is 5.10 Å². The zero-order valence-electron chi connectivity index (χ0n) is 18.9. The highest BCUT2D eigenvalue weighted by molar-refractivity contribution is 9.10. The lowest BCUT2D eigenvalue weighted by Crippen LogP contribution is -2.13. The van der Waals surface area contributed by atoms with Crippen molar-refractivity contribution in [3.05, 3.63) is 114 Å². The molecule has 0 radical (unpaired) electrons. The van der Waals surface area contributed by atoms with Gasteiger partial charge in [-0.3, -0.25) is 19.6 Å². The molecule has 0 saturated heterocycles. The second-order valence-corrected chi connectivity index (χ2v) is 9.63. The van der Waals surface area contributed by atoms with E-state index in [1.165, 1.54) is 6.07 Å². The van der Waals surface area contributed by atoms with Crippen molar-refractivity contribution in [3.8, 4) is 5.75 Å². The maximum absolute atomic E-state index is 12.9. The molecule has 1 heterocycles. The molecule has 0 atom stereocenters. The fraction of sp³-hybridized carbons (Fsp3) is 0.120. The Morgan fingerprint density at radius 1 is 1.17 bits per heavy atom. The van der Waals surface area contributed by atoms with E-state index < -0.39 is 4.92 Å². The van der Waals surface area contributed by atoms with Gasteiger partial charge in [-0.05, 0) is 69.9 Å². The van der Waals surface area contributed by atoms with Gasteiger partial charge in [0.1, 0.15) is 6.61 Å². The number of hydrogen-bond donors (Lipinski definition) is 1. The molecule has 184 valence electrons. The number of nitrogens with zero attached hydrogens (tertiary/aromatic N) is 3. The lowest BCUT2D eigenvalue weighted by atomic mass is 10.1. The van der Waals surface area contributed by atoms with Crippen molar-refractivity contribution < 1.29 is 14.5 Å². The summed E-state index contributed by atoms with van der Waals surface area (Å²) in [5.41, 5.74) is 2.55. The van der Waals surface area contributed by atoms with Gasteiger partial charge in [-0.25, -0.2) is 0 Å². The van der Waals surface area contributed by atoms with Gasteiger partial charge in [0, 0.05) is 27.9 Å². The van der Waals surface area contributed by atoms with E-state index in [4.69, 9.17) is 27.9 Å². The molecular weight excluding hydrogens is 571 g/mol. The summed E-state index contributed by atoms with van der Waals surface area (Å²) in [6, 6.07) is 16.8. The molecule has 1 amide bonds. The van der Waals surface area contributed by atoms with Crippen molar-refractivity contribution in [1.82, 2.24) is 9.78 Å². The highest BCUT2D eigenvalue weighted by Crippen LogP contribution is 2.29. The number of ether oxygens (including phenoxy) is 1. The Morgan fingerprint density at radius 3 is 2.72 bits per heavy atom. The van der Waals surface area contributed by atoms with Crippen LogP contribution < -0.4 is 10.1 Å². The van der Waals surface area contributed by atoms with E-state index in [1.807, 2.05) is 6.07 Å². The number of carbonyl (C=O) groups excluding carboxylic acids is 1. The number of aryl methyl sites for hydroxylation is 1. The van der Waals surface area contributed by atoms with Crippen LogP contribution in [0.5, 0.6) is 5.75 Å². The van der Waals surface area contributed by atoms with Gasteiger partial charge in [0.15, 0.2) is 11.6 Å². The summed E-state index contributed by atoms with van der Waals surface area (Å²) in [6.07, 6.45) is 1.74. The molecule has 0 saturated carbocycles. The van der Waals surface area contributed by atoms with E-state index in [1.54, 1.807) is 66.3 Å². The van der Waals surface area contributed by atoms with Gasteiger partial charge in [0.05, 0.1) is 15.9 Å². The Morgan fingerprint density at radius 2 is 1.97 bits per heavy atom. The number of hydrogen-bond acceptors (Lipinski definition) is 5. The Labute approximate surface area is 225 Å². The maximum atomic E-state index is 12.9. The number of benzene rings is 3. The fourth-order valence-corrected chi connectivity index (χ4v) is 4.31. The molecule has 0 aliphatic rings. The number of anilines is 1. The van der Waals surface area contributed by atoms with E-state index in [9.17, 15) is 14.9 Å². The molecule has 0 spiro atoms. The molecule has 11 heteroatoms. The summed E-state index contributed by atoms with van der Waals surface area (Å²) in [7, 11) is 0. The number of nitro groups is 1. The quantitative estimate of drug-likeness (QED) is 0.175. The zero-order valence-corrected chi connectivity index (χ0v) is 22.0. The minimum absolute atomic E-state index is 0.0607. The van der Waals surface area contributed by atoms with Gasteiger partial charge < -0.3 is 10.1 Å². The summed E-state index contributed by atoms with van der Waals surface area (Å²) in [5.74, 6) is 0.145. The Kier molecular flexibility index (Phi) is 7.93. The second kappa shape index (κ2) is 11.1. The molecule has 3 aromatic carbocycles. The van der Waals surface area contributed by atoms with E-state index in [2.05, 4.69) is 26.3 Å². The second-order valence-electron chi connectivity index (χ2n) is 7.93. The topological polar surface area (TPSA) is 99.3 Å². The van der Waals surface area contributed by atoms with Crippen LogP contribution in [0.4, 0.5) is 11.5 Å². The van der Waals surface area contributed by atoms with Crippen LogP contribution >= 0.6 is 39.1 Å². The van der Waals surface area contributed by atoms with Gasteiger partial charge in [-0.15, -0.1) is 0 Å². The van der Waals surface area contributed by atoms with Crippen molar-refractivity contribution in [2.45, 2.75) is 20.1 Å². The molecule has 0 unspecified atom stereocenters. The Bertz CT molecular complexity index is 1460. The van der Waals surface area contributed by atoms with Crippen molar-refractivity contribution in [2.75, 3.05) is 5.32 Å². The first-order valence-electron chi connectivity index (χ1n) is 10.6. The number of rotatable bonds is 8. The molecular formula is C25H19BrCl2N4O4. The van der Waals surface area contributed by atoms with Crippen molar-refractivity contribution in [2.24, 2.45) is 0 Å². The first-order chi connectivity index (χ1) is 17.2. The van der Waals surface area contributed by atoms with Crippen LogP contribution in [0.2, 0.25) is 10.0 Å². The van der Waals surface area contributed by atoms with E-state index in [0.29, 0.717) is 38.0 Å². The third-order valence-corrected chi connectivity index (χ3v) is 6.36. The lowest BCUT2D eigenvalue weighted by molar-refractivity contribution is -0.386. The normalized spacial score (nSPS) is 10.8. The van der Waals surface area contributed by atoms with Gasteiger partial charge in [-0.1, -0.05) is 47.5 Å². The van der Waals surface area contributed by atoms with Gasteiger partial charge in [0.2, 0.25) is 0 Å². The molecule has 0 fully saturated rings. The highest BCUT2D eigenvalue weighted by atomic mass is 79.9. The molecule has 36 heavy (non-hydrogen) atoms. The average Bonchev–Trinajstić information content (AvgIpc) is 3.18. The number of amides is 1. The predicted octanol–water partition coefficient (Wildman–Crippen LogP) is 7.05. The first-order valence-corrected chi connectivity index (χ1v) is 12.2. The predicted molar refractivity (Wildman–Crippen MR) is 142 cm³/mol. The standard InChI is InChI=1S/C25H19BrCl2N4O4/c1-15-5-8-23(22(9-15)32(34)35)36-14-16-3-2-4-17(10-16)25(33)29-24-20(26)13-31(30-24)12-18-6-7-19(27)11-21(18)28/h2-11,13H,12,14H2,1H3,(H,29,30,33). The summed E-state index contributed by atoms with van der Waals surface area (Å²) in [6.45, 7) is 2.22. The number of carbonyl (C=O) groups is 1. The number of nitrogens with one attached hydrogen (secondary N) is 1. The van der Waals surface area contributed by atoms with Gasteiger partial charge in [0.25, 0.3) is 5.91 Å². The summed E-state index contributed by atoms with van der Waals surface area (Å²) >= 11 is 15.6. The van der Waals surface area contributed by atoms with Crippen LogP contribution in [-0.4, -0.2) is 20.6 Å². The molecule has 4 aromatic rings.